The van der Waals surface area contributed by atoms with Gasteiger partial charge in [-0.1, -0.05) is 0 Å². The van der Waals surface area contributed by atoms with Gasteiger partial charge < -0.3 is 14.8 Å². The van der Waals surface area contributed by atoms with E-state index in [1.807, 2.05) is 37.3 Å². The quantitative estimate of drug-likeness (QED) is 0.765. The van der Waals surface area contributed by atoms with Gasteiger partial charge in [-0.15, -0.1) is 0 Å². The first-order valence-electron chi connectivity index (χ1n) is 8.54. The largest absolute Gasteiger partial charge is 0.474 e. The molecule has 1 N–H and O–H groups in total. The lowest BCUT2D eigenvalue weighted by molar-refractivity contribution is 0.0706. The average molecular weight is 348 g/mol. The number of hydrogen-bond acceptors (Lipinski definition) is 6. The summed E-state index contributed by atoms with van der Waals surface area (Å²) in [4.78, 5) is 13.3. The summed E-state index contributed by atoms with van der Waals surface area (Å²) >= 11 is 0. The van der Waals surface area contributed by atoms with Crippen molar-refractivity contribution in [3.8, 4) is 5.88 Å². The van der Waals surface area contributed by atoms with Gasteiger partial charge >= 0.3 is 0 Å². The van der Waals surface area contributed by atoms with Crippen LogP contribution in [0.15, 0.2) is 53.8 Å². The minimum absolute atomic E-state index is 0.0158. The molecule has 1 atom stereocenters. The highest BCUT2D eigenvalue weighted by molar-refractivity contribution is 6.11. The summed E-state index contributed by atoms with van der Waals surface area (Å²) in [7, 11) is 1.67. The molecule has 1 aliphatic rings. The number of amidine groups is 1. The van der Waals surface area contributed by atoms with Crippen molar-refractivity contribution >= 4 is 22.3 Å². The number of hydrogen-bond donors (Lipinski definition) is 1. The maximum Gasteiger partial charge on any atom is 0.221 e. The Bertz CT molecular complexity index is 971. The van der Waals surface area contributed by atoms with Crippen molar-refractivity contribution in [2.75, 3.05) is 19.0 Å². The Morgan fingerprint density at radius 2 is 2.08 bits per heavy atom. The smallest absolute Gasteiger partial charge is 0.221 e. The lowest BCUT2D eigenvalue weighted by Gasteiger charge is -2.13. The van der Waals surface area contributed by atoms with Crippen LogP contribution in [-0.4, -0.2) is 35.6 Å². The zero-order valence-electron chi connectivity index (χ0n) is 14.8. The fourth-order valence-electron chi connectivity index (χ4n) is 2.87. The van der Waals surface area contributed by atoms with Crippen molar-refractivity contribution in [1.82, 2.24) is 9.97 Å². The van der Waals surface area contributed by atoms with Crippen LogP contribution >= 0.6 is 0 Å². The van der Waals surface area contributed by atoms with E-state index in [0.717, 1.165) is 33.6 Å². The van der Waals surface area contributed by atoms with E-state index < -0.39 is 0 Å². The maximum atomic E-state index is 5.80. The molecule has 0 radical (unpaired) electrons. The highest BCUT2D eigenvalue weighted by Gasteiger charge is 2.16. The van der Waals surface area contributed by atoms with E-state index in [2.05, 4.69) is 26.3 Å². The molecule has 3 heterocycles. The number of ether oxygens (including phenoxy) is 2. The van der Waals surface area contributed by atoms with Gasteiger partial charge in [0.05, 0.1) is 18.3 Å². The van der Waals surface area contributed by atoms with Gasteiger partial charge in [0.25, 0.3) is 0 Å². The molecule has 0 spiro atoms. The standard InChI is InChI=1S/C20H20N4O2/c1-13(25-2)12-26-20-16-6-5-15(10-14(16)7-9-22-20)24-19-17-4-3-8-21-18(17)11-23-19/h3-10,13H,11-12H2,1-2H3,(H,23,24)/t13-/m1/s1. The fraction of sp³-hybridized carbons (Fsp3) is 0.250. The molecule has 1 aromatic carbocycles. The van der Waals surface area contributed by atoms with Crippen LogP contribution in [0.2, 0.25) is 0 Å². The number of anilines is 1. The second-order valence-electron chi connectivity index (χ2n) is 6.20. The summed E-state index contributed by atoms with van der Waals surface area (Å²) in [6.45, 7) is 3.04. The van der Waals surface area contributed by atoms with Crippen LogP contribution in [0.4, 0.5) is 5.69 Å². The van der Waals surface area contributed by atoms with Gasteiger partial charge in [-0.2, -0.15) is 0 Å². The van der Waals surface area contributed by atoms with Crippen molar-refractivity contribution in [3.05, 3.63) is 60.0 Å². The van der Waals surface area contributed by atoms with Crippen LogP contribution in [-0.2, 0) is 11.3 Å². The normalized spacial score (nSPS) is 14.0. The molecule has 0 saturated carbocycles. The van der Waals surface area contributed by atoms with Gasteiger partial charge in [-0.05, 0) is 48.7 Å². The predicted octanol–water partition coefficient (Wildman–Crippen LogP) is 3.42. The highest BCUT2D eigenvalue weighted by atomic mass is 16.5. The monoisotopic (exact) mass is 348 g/mol. The second kappa shape index (κ2) is 7.09. The third-order valence-electron chi connectivity index (χ3n) is 4.38. The molecule has 0 amide bonds. The first-order chi connectivity index (χ1) is 12.7. The minimum atomic E-state index is 0.0158. The number of aromatic nitrogens is 2. The van der Waals surface area contributed by atoms with Gasteiger partial charge in [0, 0.05) is 36.1 Å². The average Bonchev–Trinajstić information content (AvgIpc) is 3.08. The number of benzene rings is 1. The van der Waals surface area contributed by atoms with E-state index in [9.17, 15) is 0 Å². The molecule has 1 aliphatic heterocycles. The highest BCUT2D eigenvalue weighted by Crippen LogP contribution is 2.27. The third kappa shape index (κ3) is 3.23. The first-order valence-corrected chi connectivity index (χ1v) is 8.54. The Morgan fingerprint density at radius 3 is 2.96 bits per heavy atom. The van der Waals surface area contributed by atoms with Gasteiger partial charge in [-0.3, -0.25) is 9.98 Å². The van der Waals surface area contributed by atoms with Crippen molar-refractivity contribution in [2.24, 2.45) is 4.99 Å². The molecule has 2 aromatic heterocycles. The number of nitrogens with one attached hydrogen (secondary N) is 1. The molecular formula is C20H20N4O2. The summed E-state index contributed by atoms with van der Waals surface area (Å²) in [5.41, 5.74) is 3.03. The van der Waals surface area contributed by atoms with Crippen LogP contribution in [0, 0.1) is 0 Å². The molecule has 0 aliphatic carbocycles. The fourth-order valence-corrected chi connectivity index (χ4v) is 2.87. The molecule has 132 valence electrons. The van der Waals surface area contributed by atoms with E-state index >= 15 is 0 Å². The Morgan fingerprint density at radius 1 is 1.15 bits per heavy atom. The molecule has 3 aromatic rings. The van der Waals surface area contributed by atoms with Gasteiger partial charge in [0.2, 0.25) is 5.88 Å². The van der Waals surface area contributed by atoms with Crippen molar-refractivity contribution < 1.29 is 9.47 Å². The van der Waals surface area contributed by atoms with E-state index in [0.29, 0.717) is 19.0 Å². The van der Waals surface area contributed by atoms with E-state index in [1.165, 1.54) is 0 Å². The summed E-state index contributed by atoms with van der Waals surface area (Å²) in [6, 6.07) is 12.0. The predicted molar refractivity (Wildman–Crippen MR) is 102 cm³/mol. The molecular weight excluding hydrogens is 328 g/mol. The Labute approximate surface area is 151 Å². The number of pyridine rings is 2. The maximum absolute atomic E-state index is 5.80. The Balaban J connectivity index is 1.57. The summed E-state index contributed by atoms with van der Waals surface area (Å²) < 4.78 is 11.0. The topological polar surface area (TPSA) is 68.6 Å². The zero-order chi connectivity index (χ0) is 17.9. The third-order valence-corrected chi connectivity index (χ3v) is 4.38. The number of fused-ring (bicyclic) bond motifs is 2. The SMILES string of the molecule is CO[C@H](C)COc1nccc2cc(NC3=NCc4ncccc43)ccc12. The molecule has 4 rings (SSSR count). The van der Waals surface area contributed by atoms with Crippen LogP contribution in [0.25, 0.3) is 10.8 Å². The lowest BCUT2D eigenvalue weighted by atomic mass is 10.1. The number of methoxy groups -OCH3 is 1. The first kappa shape index (κ1) is 16.5. The molecule has 0 bridgehead atoms. The number of rotatable bonds is 5. The molecule has 0 fully saturated rings. The molecule has 0 unspecified atom stereocenters. The Hall–Kier alpha value is -2.99. The van der Waals surface area contributed by atoms with Crippen LogP contribution < -0.4 is 10.1 Å². The minimum Gasteiger partial charge on any atom is -0.474 e. The van der Waals surface area contributed by atoms with Crippen molar-refractivity contribution in [3.63, 3.8) is 0 Å². The van der Waals surface area contributed by atoms with Crippen LogP contribution in [0.1, 0.15) is 18.2 Å². The number of nitrogens with zero attached hydrogens (tertiary/aromatic N) is 3. The lowest BCUT2D eigenvalue weighted by Crippen LogP contribution is -2.16. The molecule has 6 heteroatoms. The van der Waals surface area contributed by atoms with Gasteiger partial charge in [0.1, 0.15) is 12.4 Å². The molecule has 26 heavy (non-hydrogen) atoms. The number of aliphatic imine (C=N–C) groups is 1. The molecule has 0 saturated heterocycles. The summed E-state index contributed by atoms with van der Waals surface area (Å²) in [5, 5.41) is 5.42. The molecule has 6 nitrogen and oxygen atoms in total. The summed E-state index contributed by atoms with van der Waals surface area (Å²) in [5.74, 6) is 1.47. The van der Waals surface area contributed by atoms with E-state index in [1.54, 1.807) is 19.5 Å². The van der Waals surface area contributed by atoms with E-state index in [4.69, 9.17) is 9.47 Å². The van der Waals surface area contributed by atoms with Crippen molar-refractivity contribution in [1.29, 1.82) is 0 Å². The van der Waals surface area contributed by atoms with Gasteiger partial charge in [-0.25, -0.2) is 4.98 Å². The Kier molecular flexibility index (Phi) is 4.50. The zero-order valence-corrected chi connectivity index (χ0v) is 14.8. The van der Waals surface area contributed by atoms with Crippen molar-refractivity contribution in [2.45, 2.75) is 19.6 Å². The van der Waals surface area contributed by atoms with Gasteiger partial charge in [0.15, 0.2) is 0 Å². The van der Waals surface area contributed by atoms with Crippen LogP contribution in [0.3, 0.4) is 0 Å². The van der Waals surface area contributed by atoms with Crippen LogP contribution in [0.5, 0.6) is 5.88 Å². The summed E-state index contributed by atoms with van der Waals surface area (Å²) in [6.07, 6.45) is 3.57. The second-order valence-corrected chi connectivity index (χ2v) is 6.20. The van der Waals surface area contributed by atoms with E-state index in [-0.39, 0.29) is 6.10 Å².